The van der Waals surface area contributed by atoms with Crippen molar-refractivity contribution in [2.45, 2.75) is 45.7 Å². The van der Waals surface area contributed by atoms with E-state index in [-0.39, 0.29) is 6.04 Å². The van der Waals surface area contributed by atoms with E-state index in [1.807, 2.05) is 6.92 Å². The van der Waals surface area contributed by atoms with Crippen LogP contribution in [0, 0.1) is 6.92 Å². The van der Waals surface area contributed by atoms with Gasteiger partial charge in [-0.25, -0.2) is 0 Å². The summed E-state index contributed by atoms with van der Waals surface area (Å²) in [4.78, 5) is 0. The van der Waals surface area contributed by atoms with Gasteiger partial charge in [-0.1, -0.05) is 6.92 Å². The molecule has 0 aliphatic heterocycles. The van der Waals surface area contributed by atoms with Crippen LogP contribution in [-0.2, 0) is 23.8 Å². The summed E-state index contributed by atoms with van der Waals surface area (Å²) >= 11 is 0. The Hall–Kier alpha value is -0.610. The minimum Gasteiger partial charge on any atom is -0.348 e. The molecule has 2 rings (SSSR count). The molecule has 0 amide bonds. The summed E-state index contributed by atoms with van der Waals surface area (Å²) in [5.41, 5.74) is 10.1. The molecule has 0 aromatic carbocycles. The fourth-order valence-electron chi connectivity index (χ4n) is 2.65. The van der Waals surface area contributed by atoms with Crippen LogP contribution in [0.2, 0.25) is 0 Å². The first-order valence-electron chi connectivity index (χ1n) is 6.43. The molecular weight excluding hydrogens is 232 g/mol. The van der Waals surface area contributed by atoms with E-state index < -0.39 is 10.8 Å². The van der Waals surface area contributed by atoms with Crippen molar-refractivity contribution in [3.05, 3.63) is 23.0 Å². The molecule has 1 aliphatic carbocycles. The highest BCUT2D eigenvalue weighted by Gasteiger charge is 2.21. The van der Waals surface area contributed by atoms with Gasteiger partial charge in [-0.3, -0.25) is 4.21 Å². The molecule has 4 heteroatoms. The lowest BCUT2D eigenvalue weighted by Gasteiger charge is -2.21. The maximum atomic E-state index is 11.5. The van der Waals surface area contributed by atoms with Crippen LogP contribution in [-0.4, -0.2) is 20.3 Å². The molecule has 1 heterocycles. The highest BCUT2D eigenvalue weighted by molar-refractivity contribution is 7.84. The van der Waals surface area contributed by atoms with E-state index >= 15 is 0 Å². The number of aromatic nitrogens is 1. The molecule has 17 heavy (non-hydrogen) atoms. The highest BCUT2D eigenvalue weighted by Crippen LogP contribution is 2.30. The molecule has 0 saturated carbocycles. The molecule has 96 valence electrons. The van der Waals surface area contributed by atoms with E-state index in [1.165, 1.54) is 23.4 Å². The predicted molar refractivity (Wildman–Crippen MR) is 72.6 cm³/mol. The standard InChI is InChI=1S/C13H22N2OS/c1-3-17(16)8-7-15-10(2)9-11-12(14)5-4-6-13(11)15/h9,12H,3-8,14H2,1-2H3. The van der Waals surface area contributed by atoms with Crippen LogP contribution in [0.3, 0.4) is 0 Å². The summed E-state index contributed by atoms with van der Waals surface area (Å²) in [6, 6.07) is 2.42. The van der Waals surface area contributed by atoms with Crippen molar-refractivity contribution in [1.82, 2.24) is 4.57 Å². The van der Waals surface area contributed by atoms with E-state index in [4.69, 9.17) is 5.73 Å². The fourth-order valence-corrected chi connectivity index (χ4v) is 3.32. The van der Waals surface area contributed by atoms with Crippen molar-refractivity contribution in [3.8, 4) is 0 Å². The number of hydrogen-bond donors (Lipinski definition) is 1. The Morgan fingerprint density at radius 3 is 3.06 bits per heavy atom. The van der Waals surface area contributed by atoms with E-state index in [0.717, 1.165) is 30.9 Å². The first-order valence-corrected chi connectivity index (χ1v) is 7.91. The molecule has 0 radical (unpaired) electrons. The number of fused-ring (bicyclic) bond motifs is 1. The van der Waals surface area contributed by atoms with Crippen molar-refractivity contribution in [2.24, 2.45) is 5.73 Å². The Labute approximate surface area is 106 Å². The zero-order chi connectivity index (χ0) is 12.4. The zero-order valence-electron chi connectivity index (χ0n) is 10.7. The number of nitrogens with zero attached hydrogens (tertiary/aromatic N) is 1. The molecule has 1 aromatic heterocycles. The average Bonchev–Trinajstić information content (AvgIpc) is 2.64. The Morgan fingerprint density at radius 2 is 2.35 bits per heavy atom. The maximum absolute atomic E-state index is 11.5. The van der Waals surface area contributed by atoms with Crippen molar-refractivity contribution in [1.29, 1.82) is 0 Å². The zero-order valence-corrected chi connectivity index (χ0v) is 11.6. The van der Waals surface area contributed by atoms with Crippen LogP contribution >= 0.6 is 0 Å². The van der Waals surface area contributed by atoms with E-state index in [9.17, 15) is 4.21 Å². The van der Waals surface area contributed by atoms with Crippen LogP contribution < -0.4 is 5.73 Å². The van der Waals surface area contributed by atoms with Crippen LogP contribution in [0.4, 0.5) is 0 Å². The molecule has 3 nitrogen and oxygen atoms in total. The second-order valence-corrected chi connectivity index (χ2v) is 6.64. The molecular formula is C13H22N2OS. The van der Waals surface area contributed by atoms with Crippen LogP contribution in [0.5, 0.6) is 0 Å². The van der Waals surface area contributed by atoms with Crippen molar-refractivity contribution in [2.75, 3.05) is 11.5 Å². The summed E-state index contributed by atoms with van der Waals surface area (Å²) < 4.78 is 13.8. The van der Waals surface area contributed by atoms with Gasteiger partial charge in [0, 0.05) is 46.3 Å². The van der Waals surface area contributed by atoms with Crippen LogP contribution in [0.15, 0.2) is 6.07 Å². The molecule has 2 unspecified atom stereocenters. The number of aryl methyl sites for hydroxylation is 1. The third-order valence-electron chi connectivity index (χ3n) is 3.64. The molecule has 0 bridgehead atoms. The lowest BCUT2D eigenvalue weighted by Crippen LogP contribution is -2.19. The normalized spacial score (nSPS) is 21.2. The largest absolute Gasteiger partial charge is 0.348 e. The minimum atomic E-state index is -0.682. The summed E-state index contributed by atoms with van der Waals surface area (Å²) in [5.74, 6) is 1.51. The monoisotopic (exact) mass is 254 g/mol. The number of hydrogen-bond acceptors (Lipinski definition) is 2. The second-order valence-electron chi connectivity index (χ2n) is 4.77. The van der Waals surface area contributed by atoms with Gasteiger partial charge in [0.2, 0.25) is 0 Å². The van der Waals surface area contributed by atoms with Gasteiger partial charge in [-0.2, -0.15) is 0 Å². The fraction of sp³-hybridized carbons (Fsp3) is 0.692. The molecule has 1 aliphatic rings. The van der Waals surface area contributed by atoms with E-state index in [0.29, 0.717) is 0 Å². The van der Waals surface area contributed by atoms with Gasteiger partial charge in [0.15, 0.2) is 0 Å². The lowest BCUT2D eigenvalue weighted by molar-refractivity contribution is 0.543. The van der Waals surface area contributed by atoms with Crippen molar-refractivity contribution >= 4 is 10.8 Å². The minimum absolute atomic E-state index is 0.204. The Morgan fingerprint density at radius 1 is 1.59 bits per heavy atom. The second kappa shape index (κ2) is 5.36. The Bertz CT molecular complexity index is 425. The Balaban J connectivity index is 2.19. The molecule has 2 N–H and O–H groups in total. The van der Waals surface area contributed by atoms with Gasteiger partial charge < -0.3 is 10.3 Å². The summed E-state index contributed by atoms with van der Waals surface area (Å²) in [7, 11) is -0.682. The van der Waals surface area contributed by atoms with Gasteiger partial charge in [-0.15, -0.1) is 0 Å². The van der Waals surface area contributed by atoms with Crippen molar-refractivity contribution in [3.63, 3.8) is 0 Å². The Kier molecular flexibility index (Phi) is 4.05. The van der Waals surface area contributed by atoms with Crippen LogP contribution in [0.25, 0.3) is 0 Å². The SMILES string of the molecule is CCS(=O)CCn1c(C)cc2c1CCCC2N. The third-order valence-corrected chi connectivity index (χ3v) is 4.92. The number of nitrogens with two attached hydrogens (primary N) is 1. The first-order chi connectivity index (χ1) is 8.13. The maximum Gasteiger partial charge on any atom is 0.0414 e. The van der Waals surface area contributed by atoms with E-state index in [2.05, 4.69) is 17.6 Å². The highest BCUT2D eigenvalue weighted by atomic mass is 32.2. The quantitative estimate of drug-likeness (QED) is 0.892. The smallest absolute Gasteiger partial charge is 0.0414 e. The molecule has 2 atom stereocenters. The first kappa shape index (κ1) is 12.8. The molecule has 1 aromatic rings. The summed E-state index contributed by atoms with van der Waals surface area (Å²) in [6.45, 7) is 4.97. The molecule has 0 fully saturated rings. The van der Waals surface area contributed by atoms with Gasteiger partial charge in [0.05, 0.1) is 0 Å². The summed E-state index contributed by atoms with van der Waals surface area (Å²) in [6.07, 6.45) is 3.39. The van der Waals surface area contributed by atoms with Crippen LogP contribution in [0.1, 0.15) is 42.8 Å². The van der Waals surface area contributed by atoms with E-state index in [1.54, 1.807) is 0 Å². The van der Waals surface area contributed by atoms with Gasteiger partial charge >= 0.3 is 0 Å². The number of rotatable bonds is 4. The van der Waals surface area contributed by atoms with Crippen molar-refractivity contribution < 1.29 is 4.21 Å². The topological polar surface area (TPSA) is 48.0 Å². The molecule has 0 spiro atoms. The van der Waals surface area contributed by atoms with Gasteiger partial charge in [-0.05, 0) is 37.8 Å². The summed E-state index contributed by atoms with van der Waals surface area (Å²) in [5, 5.41) is 0. The predicted octanol–water partition coefficient (Wildman–Crippen LogP) is 1.90. The molecule has 0 saturated heterocycles. The average molecular weight is 254 g/mol. The lowest BCUT2D eigenvalue weighted by atomic mass is 9.93. The third kappa shape index (κ3) is 2.63. The van der Waals surface area contributed by atoms with Gasteiger partial charge in [0.1, 0.15) is 0 Å². The van der Waals surface area contributed by atoms with Gasteiger partial charge in [0.25, 0.3) is 0 Å².